The molecule has 0 amide bonds. The fourth-order valence-electron chi connectivity index (χ4n) is 14.9. The Kier molecular flexibility index (Phi) is 7.21. The van der Waals surface area contributed by atoms with Crippen molar-refractivity contribution < 1.29 is 0 Å². The van der Waals surface area contributed by atoms with E-state index in [0.717, 1.165) is 0 Å². The molecule has 1 aliphatic carbocycles. The molecule has 1 aliphatic rings. The van der Waals surface area contributed by atoms with Crippen LogP contribution in [0.25, 0.3) is 194 Å². The standard InChI is InChI=1S/C74H38S/c1-3-14-39(15-4-1)64-46-21-9-10-22-47(46)65(41-26-35-63-59(36-41)43-19-11-12-25-62(43)75-63)61-38-58-53-30-28-49-51-32-34-56-71-55(33-31-50(68(51)71)48-27-29-52(69(53)67(48)49)57(58)37-60(61)64)73-66(40-16-5-2-6-17-40)54-24-13-23-44-42-18-7-8-20-45(42)72(70(44)54)74(56)73/h1-38H. The Morgan fingerprint density at radius 2 is 0.600 bits per heavy atom. The molecule has 0 nitrogen and oxygen atoms in total. The van der Waals surface area contributed by atoms with Gasteiger partial charge in [0.05, 0.1) is 0 Å². The van der Waals surface area contributed by atoms with Crippen molar-refractivity contribution in [3.05, 3.63) is 231 Å². The maximum Gasteiger partial charge on any atom is 0.0355 e. The highest BCUT2D eigenvalue weighted by molar-refractivity contribution is 7.25. The number of benzene rings is 15. The second-order valence-electron chi connectivity index (χ2n) is 21.2. The Hall–Kier alpha value is -9.40. The van der Waals surface area contributed by atoms with Gasteiger partial charge < -0.3 is 0 Å². The molecule has 0 fully saturated rings. The maximum atomic E-state index is 2.56. The average molecular weight is 959 g/mol. The Morgan fingerprint density at radius 1 is 0.173 bits per heavy atom. The molecule has 1 heteroatoms. The molecule has 0 spiro atoms. The van der Waals surface area contributed by atoms with Gasteiger partial charge in [0, 0.05) is 20.2 Å². The Balaban J connectivity index is 0.922. The summed E-state index contributed by atoms with van der Waals surface area (Å²) in [7, 11) is 0. The largest absolute Gasteiger partial charge is 0.135 e. The maximum absolute atomic E-state index is 2.56. The van der Waals surface area contributed by atoms with E-state index in [1.807, 2.05) is 11.3 Å². The molecule has 0 saturated carbocycles. The van der Waals surface area contributed by atoms with Crippen molar-refractivity contribution in [1.82, 2.24) is 0 Å². The van der Waals surface area contributed by atoms with Crippen LogP contribution in [0, 0.1) is 0 Å². The predicted octanol–water partition coefficient (Wildman–Crippen LogP) is 21.7. The number of hydrogen-bond donors (Lipinski definition) is 0. The first kappa shape index (κ1) is 39.2. The molecule has 18 aromatic rings. The van der Waals surface area contributed by atoms with Crippen LogP contribution >= 0.6 is 11.3 Å². The highest BCUT2D eigenvalue weighted by atomic mass is 32.1. The average Bonchev–Trinajstić information content (AvgIpc) is 4.29. The van der Waals surface area contributed by atoms with E-state index >= 15 is 0 Å². The van der Waals surface area contributed by atoms with Crippen molar-refractivity contribution in [2.24, 2.45) is 0 Å². The minimum absolute atomic E-state index is 1.24. The summed E-state index contributed by atoms with van der Waals surface area (Å²) >= 11 is 1.88. The molecule has 0 aliphatic heterocycles. The minimum Gasteiger partial charge on any atom is -0.135 e. The van der Waals surface area contributed by atoms with Crippen LogP contribution < -0.4 is 0 Å². The number of rotatable bonds is 3. The van der Waals surface area contributed by atoms with Gasteiger partial charge in [-0.15, -0.1) is 11.3 Å². The Morgan fingerprint density at radius 3 is 1.28 bits per heavy atom. The van der Waals surface area contributed by atoms with Crippen LogP contribution in [-0.2, 0) is 0 Å². The van der Waals surface area contributed by atoms with Gasteiger partial charge in [-0.25, -0.2) is 0 Å². The van der Waals surface area contributed by atoms with Gasteiger partial charge in [-0.2, -0.15) is 0 Å². The van der Waals surface area contributed by atoms with E-state index in [1.54, 1.807) is 0 Å². The molecule has 19 rings (SSSR count). The van der Waals surface area contributed by atoms with Crippen molar-refractivity contribution in [3.8, 4) is 55.6 Å². The lowest BCUT2D eigenvalue weighted by Gasteiger charge is -2.19. The minimum atomic E-state index is 1.24. The lowest BCUT2D eigenvalue weighted by molar-refractivity contribution is 1.66. The third-order valence-corrected chi connectivity index (χ3v) is 18.9. The summed E-state index contributed by atoms with van der Waals surface area (Å²) in [6, 6.07) is 88.2. The van der Waals surface area contributed by atoms with E-state index in [2.05, 4.69) is 231 Å². The van der Waals surface area contributed by atoms with Gasteiger partial charge in [0.1, 0.15) is 0 Å². The van der Waals surface area contributed by atoms with E-state index in [9.17, 15) is 0 Å². The lowest BCUT2D eigenvalue weighted by atomic mass is 9.84. The molecule has 0 N–H and O–H groups in total. The van der Waals surface area contributed by atoms with Gasteiger partial charge in [0.2, 0.25) is 0 Å². The van der Waals surface area contributed by atoms with Crippen LogP contribution in [0.5, 0.6) is 0 Å². The van der Waals surface area contributed by atoms with Crippen LogP contribution in [0.4, 0.5) is 0 Å². The lowest BCUT2D eigenvalue weighted by Crippen LogP contribution is -1.92. The van der Waals surface area contributed by atoms with Gasteiger partial charge in [-0.1, -0.05) is 200 Å². The third-order valence-electron chi connectivity index (χ3n) is 17.8. The third kappa shape index (κ3) is 4.76. The molecule has 75 heavy (non-hydrogen) atoms. The zero-order valence-electron chi connectivity index (χ0n) is 40.3. The molecule has 0 atom stereocenters. The van der Waals surface area contributed by atoms with Crippen LogP contribution in [-0.4, -0.2) is 0 Å². The summed E-state index contributed by atoms with van der Waals surface area (Å²) < 4.78 is 2.65. The molecule has 0 radical (unpaired) electrons. The fourth-order valence-corrected chi connectivity index (χ4v) is 16.0. The molecule has 1 heterocycles. The molecular formula is C74H38S. The SMILES string of the molecule is c1ccc(-c2c3ccccc3c(-c3ccc4sc5ccccc5c4c3)c3cc4c(cc23)-c2ccc3c5ccc6c7c(-c8ccccc8)c8cccc9c%10ccccc%10c(c89)c7c7ccc(c8ccc-4c2c38)c5c67)cc1. The monoisotopic (exact) mass is 958 g/mol. The first-order chi connectivity index (χ1) is 37.2. The number of thiophene rings is 1. The van der Waals surface area contributed by atoms with Crippen molar-refractivity contribution in [2.45, 2.75) is 0 Å². The van der Waals surface area contributed by atoms with E-state index in [-0.39, 0.29) is 0 Å². The van der Waals surface area contributed by atoms with Crippen LogP contribution in [0.1, 0.15) is 0 Å². The van der Waals surface area contributed by atoms with Crippen molar-refractivity contribution >= 4 is 150 Å². The molecule has 17 aromatic carbocycles. The molecule has 0 unspecified atom stereocenters. The zero-order valence-corrected chi connectivity index (χ0v) is 41.2. The summed E-state index contributed by atoms with van der Waals surface area (Å²) in [5, 5.41) is 32.1. The summed E-state index contributed by atoms with van der Waals surface area (Å²) in [5.74, 6) is 0. The van der Waals surface area contributed by atoms with Crippen LogP contribution in [0.2, 0.25) is 0 Å². The first-order valence-electron chi connectivity index (χ1n) is 26.2. The van der Waals surface area contributed by atoms with Crippen LogP contribution in [0.3, 0.4) is 0 Å². The smallest absolute Gasteiger partial charge is 0.0355 e. The van der Waals surface area contributed by atoms with Crippen molar-refractivity contribution in [2.75, 3.05) is 0 Å². The van der Waals surface area contributed by atoms with Crippen molar-refractivity contribution in [1.29, 1.82) is 0 Å². The quantitative estimate of drug-likeness (QED) is 0.122. The van der Waals surface area contributed by atoms with E-state index in [0.29, 0.717) is 0 Å². The van der Waals surface area contributed by atoms with E-state index in [4.69, 9.17) is 0 Å². The topological polar surface area (TPSA) is 0 Å². The van der Waals surface area contributed by atoms with Crippen LogP contribution in [0.15, 0.2) is 231 Å². The van der Waals surface area contributed by atoms with E-state index < -0.39 is 0 Å². The van der Waals surface area contributed by atoms with Gasteiger partial charge in [-0.05, 0) is 204 Å². The Bertz CT molecular complexity index is 5540. The van der Waals surface area contributed by atoms with Crippen molar-refractivity contribution in [3.63, 3.8) is 0 Å². The Labute approximate surface area is 433 Å². The molecule has 0 saturated heterocycles. The second-order valence-corrected chi connectivity index (χ2v) is 22.3. The highest BCUT2D eigenvalue weighted by Gasteiger charge is 2.30. The molecular weight excluding hydrogens is 921 g/mol. The van der Waals surface area contributed by atoms with E-state index in [1.165, 1.54) is 194 Å². The zero-order chi connectivity index (χ0) is 48.4. The normalized spacial score (nSPS) is 12.8. The summed E-state index contributed by atoms with van der Waals surface area (Å²) in [5.41, 5.74) is 13.0. The summed E-state index contributed by atoms with van der Waals surface area (Å²) in [6.45, 7) is 0. The first-order valence-corrected chi connectivity index (χ1v) is 27.1. The summed E-state index contributed by atoms with van der Waals surface area (Å²) in [6.07, 6.45) is 0. The van der Waals surface area contributed by atoms with Gasteiger partial charge in [0.25, 0.3) is 0 Å². The number of fused-ring (bicyclic) bond motifs is 17. The van der Waals surface area contributed by atoms with Gasteiger partial charge >= 0.3 is 0 Å². The molecule has 340 valence electrons. The molecule has 1 aromatic heterocycles. The predicted molar refractivity (Wildman–Crippen MR) is 326 cm³/mol. The molecule has 0 bridgehead atoms. The second kappa shape index (κ2) is 13.8. The fraction of sp³-hybridized carbons (Fsp3) is 0. The van der Waals surface area contributed by atoms with Gasteiger partial charge in [-0.3, -0.25) is 0 Å². The summed E-state index contributed by atoms with van der Waals surface area (Å²) in [4.78, 5) is 0. The highest BCUT2D eigenvalue weighted by Crippen LogP contribution is 2.59. The van der Waals surface area contributed by atoms with Gasteiger partial charge in [0.15, 0.2) is 0 Å². The number of hydrogen-bond acceptors (Lipinski definition) is 1.